The lowest BCUT2D eigenvalue weighted by Crippen LogP contribution is -2.42. The summed E-state index contributed by atoms with van der Waals surface area (Å²) in [6, 6.07) is 11.6. The number of nitrogens with two attached hydrogens (primary N) is 1. The minimum atomic E-state index is 0.599. The standard InChI is InChI=1S/C13H16N4O/c1-17(9-11-7-8-18-10-11)13(16-14)15-12-5-3-2-4-6-12/h2-8,10H,9,14H2,1H3,(H,15,16). The molecule has 1 aromatic carbocycles. The second-order valence-corrected chi connectivity index (χ2v) is 3.90. The number of rotatable bonds is 3. The molecular formula is C13H16N4O. The maximum atomic E-state index is 5.50. The molecule has 0 amide bonds. The van der Waals surface area contributed by atoms with Crippen LogP contribution in [0.5, 0.6) is 0 Å². The van der Waals surface area contributed by atoms with Gasteiger partial charge in [0.15, 0.2) is 0 Å². The molecule has 1 heterocycles. The number of furan rings is 1. The van der Waals surface area contributed by atoms with Crippen molar-refractivity contribution in [2.45, 2.75) is 6.54 Å². The Kier molecular flexibility index (Phi) is 3.98. The molecule has 0 aliphatic carbocycles. The lowest BCUT2D eigenvalue weighted by Gasteiger charge is -2.19. The Morgan fingerprint density at radius 3 is 2.72 bits per heavy atom. The van der Waals surface area contributed by atoms with Gasteiger partial charge in [0, 0.05) is 19.2 Å². The zero-order valence-electron chi connectivity index (χ0n) is 10.2. The summed E-state index contributed by atoms with van der Waals surface area (Å²) in [7, 11) is 1.91. The number of hydrogen-bond donors (Lipinski definition) is 2. The molecule has 0 unspecified atom stereocenters. The van der Waals surface area contributed by atoms with Crippen LogP contribution in [0.2, 0.25) is 0 Å². The molecule has 18 heavy (non-hydrogen) atoms. The monoisotopic (exact) mass is 244 g/mol. The van der Waals surface area contributed by atoms with Gasteiger partial charge in [-0.05, 0) is 18.2 Å². The molecule has 5 nitrogen and oxygen atoms in total. The van der Waals surface area contributed by atoms with Crippen LogP contribution in [0.25, 0.3) is 0 Å². The van der Waals surface area contributed by atoms with E-state index in [1.54, 1.807) is 12.5 Å². The van der Waals surface area contributed by atoms with E-state index >= 15 is 0 Å². The predicted octanol–water partition coefficient (Wildman–Crippen LogP) is 1.86. The van der Waals surface area contributed by atoms with Crippen molar-refractivity contribution in [1.82, 2.24) is 10.3 Å². The number of nitrogens with one attached hydrogen (secondary N) is 1. The van der Waals surface area contributed by atoms with Crippen molar-refractivity contribution in [2.24, 2.45) is 10.8 Å². The van der Waals surface area contributed by atoms with Gasteiger partial charge in [0.1, 0.15) is 0 Å². The van der Waals surface area contributed by atoms with E-state index in [2.05, 4.69) is 10.4 Å². The lowest BCUT2D eigenvalue weighted by molar-refractivity contribution is 0.474. The van der Waals surface area contributed by atoms with Crippen molar-refractivity contribution >= 4 is 11.6 Å². The fraction of sp³-hybridized carbons (Fsp3) is 0.154. The molecule has 0 spiro atoms. The predicted molar refractivity (Wildman–Crippen MR) is 71.0 cm³/mol. The molecule has 1 aromatic heterocycles. The first-order valence-electron chi connectivity index (χ1n) is 5.62. The Labute approximate surface area is 106 Å². The van der Waals surface area contributed by atoms with E-state index in [0.29, 0.717) is 12.5 Å². The Morgan fingerprint density at radius 1 is 1.33 bits per heavy atom. The quantitative estimate of drug-likeness (QED) is 0.374. The van der Waals surface area contributed by atoms with E-state index < -0.39 is 0 Å². The zero-order valence-corrected chi connectivity index (χ0v) is 10.2. The molecule has 0 bridgehead atoms. The van der Waals surface area contributed by atoms with E-state index in [9.17, 15) is 0 Å². The van der Waals surface area contributed by atoms with E-state index in [-0.39, 0.29) is 0 Å². The third-order valence-corrected chi connectivity index (χ3v) is 2.48. The maximum absolute atomic E-state index is 5.50. The van der Waals surface area contributed by atoms with Crippen molar-refractivity contribution < 1.29 is 4.42 Å². The molecule has 0 saturated carbocycles. The molecule has 5 heteroatoms. The van der Waals surface area contributed by atoms with Crippen LogP contribution >= 0.6 is 0 Å². The van der Waals surface area contributed by atoms with Crippen molar-refractivity contribution in [3.05, 3.63) is 54.5 Å². The molecule has 2 rings (SSSR count). The summed E-state index contributed by atoms with van der Waals surface area (Å²) < 4.78 is 5.03. The van der Waals surface area contributed by atoms with E-state index in [1.165, 1.54) is 0 Å². The molecule has 3 N–H and O–H groups in total. The molecule has 0 saturated heterocycles. The van der Waals surface area contributed by atoms with Gasteiger partial charge in [-0.1, -0.05) is 18.2 Å². The second kappa shape index (κ2) is 5.88. The van der Waals surface area contributed by atoms with Crippen molar-refractivity contribution in [1.29, 1.82) is 0 Å². The minimum absolute atomic E-state index is 0.599. The van der Waals surface area contributed by atoms with Gasteiger partial charge in [0.05, 0.1) is 18.2 Å². The molecule has 0 aliphatic heterocycles. The van der Waals surface area contributed by atoms with Gasteiger partial charge in [-0.2, -0.15) is 0 Å². The third kappa shape index (κ3) is 3.11. The average molecular weight is 244 g/mol. The molecule has 0 atom stereocenters. The number of benzene rings is 1. The normalized spacial score (nSPS) is 11.3. The van der Waals surface area contributed by atoms with Gasteiger partial charge in [0.25, 0.3) is 0 Å². The Balaban J connectivity index is 2.10. The van der Waals surface area contributed by atoms with E-state index in [4.69, 9.17) is 10.3 Å². The summed E-state index contributed by atoms with van der Waals surface area (Å²) in [5, 5.41) is 0. The number of hydrazine groups is 1. The van der Waals surface area contributed by atoms with Crippen LogP contribution in [0.4, 0.5) is 5.69 Å². The van der Waals surface area contributed by atoms with E-state index in [1.807, 2.05) is 48.3 Å². The van der Waals surface area contributed by atoms with Crippen molar-refractivity contribution in [3.63, 3.8) is 0 Å². The van der Waals surface area contributed by atoms with Crippen LogP contribution < -0.4 is 11.3 Å². The van der Waals surface area contributed by atoms with Crippen LogP contribution in [0.3, 0.4) is 0 Å². The molecule has 0 radical (unpaired) electrons. The summed E-state index contributed by atoms with van der Waals surface area (Å²) in [5.74, 6) is 6.10. The van der Waals surface area contributed by atoms with Crippen LogP contribution in [0.1, 0.15) is 5.56 Å². The topological polar surface area (TPSA) is 66.8 Å². The summed E-state index contributed by atoms with van der Waals surface area (Å²) in [5.41, 5.74) is 4.52. The third-order valence-electron chi connectivity index (χ3n) is 2.48. The fourth-order valence-electron chi connectivity index (χ4n) is 1.58. The van der Waals surface area contributed by atoms with Crippen LogP contribution in [-0.2, 0) is 6.54 Å². The molecule has 0 fully saturated rings. The first-order chi connectivity index (χ1) is 8.79. The molecular weight excluding hydrogens is 228 g/mol. The highest BCUT2D eigenvalue weighted by Crippen LogP contribution is 2.11. The largest absolute Gasteiger partial charge is 0.472 e. The molecule has 2 aromatic rings. The van der Waals surface area contributed by atoms with Gasteiger partial charge in [-0.25, -0.2) is 10.8 Å². The fourth-order valence-corrected chi connectivity index (χ4v) is 1.58. The number of guanidine groups is 1. The van der Waals surface area contributed by atoms with Crippen LogP contribution in [0.15, 0.2) is 58.3 Å². The summed E-state index contributed by atoms with van der Waals surface area (Å²) in [6.45, 7) is 0.673. The van der Waals surface area contributed by atoms with Gasteiger partial charge in [-0.3, -0.25) is 5.43 Å². The highest BCUT2D eigenvalue weighted by Gasteiger charge is 2.06. The van der Waals surface area contributed by atoms with Gasteiger partial charge >= 0.3 is 0 Å². The molecule has 0 aliphatic rings. The summed E-state index contributed by atoms with van der Waals surface area (Å²) in [6.07, 6.45) is 3.35. The number of aliphatic imine (C=N–C) groups is 1. The van der Waals surface area contributed by atoms with Gasteiger partial charge in [-0.15, -0.1) is 0 Å². The van der Waals surface area contributed by atoms with Crippen LogP contribution in [-0.4, -0.2) is 17.9 Å². The SMILES string of the molecule is CN(Cc1ccoc1)C(=Nc1ccccc1)NN. The summed E-state index contributed by atoms with van der Waals surface area (Å²) in [4.78, 5) is 6.35. The van der Waals surface area contributed by atoms with Crippen molar-refractivity contribution in [2.75, 3.05) is 7.05 Å². The van der Waals surface area contributed by atoms with Gasteiger partial charge < -0.3 is 9.32 Å². The first kappa shape index (κ1) is 12.2. The Bertz CT molecular complexity index is 493. The lowest BCUT2D eigenvalue weighted by atomic mass is 10.3. The van der Waals surface area contributed by atoms with E-state index in [0.717, 1.165) is 11.3 Å². The van der Waals surface area contributed by atoms with Crippen LogP contribution in [0, 0.1) is 0 Å². The first-order valence-corrected chi connectivity index (χ1v) is 5.62. The Hall–Kier alpha value is -2.27. The smallest absolute Gasteiger partial charge is 0.213 e. The second-order valence-electron chi connectivity index (χ2n) is 3.90. The summed E-state index contributed by atoms with van der Waals surface area (Å²) >= 11 is 0. The molecule has 94 valence electrons. The Morgan fingerprint density at radius 2 is 2.11 bits per heavy atom. The number of nitrogens with zero attached hydrogens (tertiary/aromatic N) is 2. The highest BCUT2D eigenvalue weighted by molar-refractivity contribution is 5.81. The van der Waals surface area contributed by atoms with Gasteiger partial charge in [0.2, 0.25) is 5.96 Å². The number of para-hydroxylation sites is 1. The zero-order chi connectivity index (χ0) is 12.8. The highest BCUT2D eigenvalue weighted by atomic mass is 16.3. The average Bonchev–Trinajstić information content (AvgIpc) is 2.90. The van der Waals surface area contributed by atoms with Crippen molar-refractivity contribution in [3.8, 4) is 0 Å². The minimum Gasteiger partial charge on any atom is -0.472 e. The maximum Gasteiger partial charge on any atom is 0.213 e. The number of hydrogen-bond acceptors (Lipinski definition) is 3.